The minimum Gasteiger partial charge on any atom is -0.397 e. The molecule has 0 atom stereocenters. The largest absolute Gasteiger partial charge is 0.397 e. The molecule has 1 saturated carbocycles. The summed E-state index contributed by atoms with van der Waals surface area (Å²) < 4.78 is 0. The van der Waals surface area contributed by atoms with E-state index in [4.69, 9.17) is 17.3 Å². The van der Waals surface area contributed by atoms with Gasteiger partial charge in [0.05, 0.1) is 11.4 Å². The second-order valence-electron chi connectivity index (χ2n) is 5.40. The van der Waals surface area contributed by atoms with E-state index in [1.165, 1.54) is 32.1 Å². The van der Waals surface area contributed by atoms with Crippen LogP contribution in [0.3, 0.4) is 0 Å². The van der Waals surface area contributed by atoms with Crippen molar-refractivity contribution < 1.29 is 0 Å². The molecule has 1 aromatic rings. The van der Waals surface area contributed by atoms with Crippen molar-refractivity contribution in [2.45, 2.75) is 45.1 Å². The van der Waals surface area contributed by atoms with Crippen molar-refractivity contribution in [3.63, 3.8) is 0 Å². The summed E-state index contributed by atoms with van der Waals surface area (Å²) in [5, 5.41) is 0.708. The predicted octanol–water partition coefficient (Wildman–Crippen LogP) is 4.33. The number of hydrogen-bond acceptors (Lipinski definition) is 2. The standard InChI is InChI=1S/C15H23ClN2/c1-3-11-4-7-13(8-5-11)18(2)15-9-6-12(16)10-14(15)17/h6,9-11,13H,3-5,7-8,17H2,1-2H3. The summed E-state index contributed by atoms with van der Waals surface area (Å²) in [5.74, 6) is 0.928. The van der Waals surface area contributed by atoms with Gasteiger partial charge in [0.1, 0.15) is 0 Å². The Hall–Kier alpha value is -0.890. The highest BCUT2D eigenvalue weighted by molar-refractivity contribution is 6.31. The quantitative estimate of drug-likeness (QED) is 0.826. The molecule has 2 N–H and O–H groups in total. The minimum absolute atomic E-state index is 0.622. The summed E-state index contributed by atoms with van der Waals surface area (Å²) in [7, 11) is 2.15. The molecule has 1 aliphatic rings. The maximum atomic E-state index is 6.06. The smallest absolute Gasteiger partial charge is 0.0600 e. The Balaban J connectivity index is 2.05. The van der Waals surface area contributed by atoms with Gasteiger partial charge in [0.15, 0.2) is 0 Å². The fourth-order valence-corrected chi connectivity index (χ4v) is 3.16. The van der Waals surface area contributed by atoms with Crippen LogP contribution in [0.15, 0.2) is 18.2 Å². The molecule has 3 heteroatoms. The zero-order chi connectivity index (χ0) is 13.1. The van der Waals surface area contributed by atoms with Gasteiger partial charge in [-0.2, -0.15) is 0 Å². The van der Waals surface area contributed by atoms with Crippen LogP contribution < -0.4 is 10.6 Å². The Morgan fingerprint density at radius 1 is 1.28 bits per heavy atom. The molecule has 0 heterocycles. The fraction of sp³-hybridized carbons (Fsp3) is 0.600. The van der Waals surface area contributed by atoms with E-state index in [1.54, 1.807) is 0 Å². The molecule has 0 amide bonds. The predicted molar refractivity (Wildman–Crippen MR) is 80.3 cm³/mol. The van der Waals surface area contributed by atoms with Crippen LogP contribution >= 0.6 is 11.6 Å². The SMILES string of the molecule is CCC1CCC(N(C)c2ccc(Cl)cc2N)CC1. The molecule has 18 heavy (non-hydrogen) atoms. The molecule has 2 nitrogen and oxygen atoms in total. The van der Waals surface area contributed by atoms with E-state index in [1.807, 2.05) is 18.2 Å². The van der Waals surface area contributed by atoms with Crippen LogP contribution in [-0.2, 0) is 0 Å². The first-order chi connectivity index (χ1) is 8.61. The van der Waals surface area contributed by atoms with Gasteiger partial charge >= 0.3 is 0 Å². The van der Waals surface area contributed by atoms with Gasteiger partial charge in [-0.25, -0.2) is 0 Å². The average Bonchev–Trinajstić information content (AvgIpc) is 2.38. The van der Waals surface area contributed by atoms with Crippen molar-refractivity contribution in [1.82, 2.24) is 0 Å². The number of nitrogens with zero attached hydrogens (tertiary/aromatic N) is 1. The van der Waals surface area contributed by atoms with E-state index in [9.17, 15) is 0 Å². The first-order valence-corrected chi connectivity index (χ1v) is 7.27. The molecular formula is C15H23ClN2. The third kappa shape index (κ3) is 2.92. The molecule has 0 spiro atoms. The van der Waals surface area contributed by atoms with Crippen LogP contribution in [0.4, 0.5) is 11.4 Å². The zero-order valence-electron chi connectivity index (χ0n) is 11.3. The van der Waals surface area contributed by atoms with Gasteiger partial charge < -0.3 is 10.6 Å². The summed E-state index contributed by atoms with van der Waals surface area (Å²) in [5.41, 5.74) is 7.95. The summed E-state index contributed by atoms with van der Waals surface area (Å²) in [6.45, 7) is 2.30. The molecular weight excluding hydrogens is 244 g/mol. The summed E-state index contributed by atoms with van der Waals surface area (Å²) in [4.78, 5) is 2.33. The van der Waals surface area contributed by atoms with E-state index < -0.39 is 0 Å². The highest BCUT2D eigenvalue weighted by Crippen LogP contribution is 2.34. The van der Waals surface area contributed by atoms with Gasteiger partial charge in [-0.05, 0) is 49.8 Å². The van der Waals surface area contributed by atoms with Crippen molar-refractivity contribution in [2.75, 3.05) is 17.7 Å². The second-order valence-corrected chi connectivity index (χ2v) is 5.83. The zero-order valence-corrected chi connectivity index (χ0v) is 12.1. The Morgan fingerprint density at radius 3 is 2.50 bits per heavy atom. The Kier molecular flexibility index (Phi) is 4.39. The summed E-state index contributed by atoms with van der Waals surface area (Å²) in [6, 6.07) is 6.41. The molecule has 2 rings (SSSR count). The van der Waals surface area contributed by atoms with Crippen molar-refractivity contribution in [3.05, 3.63) is 23.2 Å². The van der Waals surface area contributed by atoms with Crippen molar-refractivity contribution in [2.24, 2.45) is 5.92 Å². The lowest BCUT2D eigenvalue weighted by Crippen LogP contribution is -2.35. The number of nitrogens with two attached hydrogens (primary N) is 1. The molecule has 1 aliphatic carbocycles. The van der Waals surface area contributed by atoms with Crippen LogP contribution in [-0.4, -0.2) is 13.1 Å². The summed E-state index contributed by atoms with van der Waals surface area (Å²) >= 11 is 5.95. The molecule has 0 saturated heterocycles. The van der Waals surface area contributed by atoms with Crippen molar-refractivity contribution in [1.29, 1.82) is 0 Å². The number of rotatable bonds is 3. The lowest BCUT2D eigenvalue weighted by atomic mass is 9.84. The maximum Gasteiger partial charge on any atom is 0.0600 e. The Morgan fingerprint density at radius 2 is 1.94 bits per heavy atom. The normalized spacial score (nSPS) is 23.9. The van der Waals surface area contributed by atoms with E-state index in [0.717, 1.165) is 17.3 Å². The van der Waals surface area contributed by atoms with E-state index in [-0.39, 0.29) is 0 Å². The first-order valence-electron chi connectivity index (χ1n) is 6.89. The maximum absolute atomic E-state index is 6.06. The Labute approximate surface area is 115 Å². The molecule has 0 unspecified atom stereocenters. The number of nitrogen functional groups attached to an aromatic ring is 1. The van der Waals surface area contributed by atoms with Crippen molar-refractivity contribution >= 4 is 23.0 Å². The summed E-state index contributed by atoms with van der Waals surface area (Å²) in [6.07, 6.45) is 6.56. The first kappa shape index (κ1) is 13.5. The monoisotopic (exact) mass is 266 g/mol. The number of anilines is 2. The van der Waals surface area contributed by atoms with E-state index in [0.29, 0.717) is 11.1 Å². The van der Waals surface area contributed by atoms with Crippen molar-refractivity contribution in [3.8, 4) is 0 Å². The third-order valence-corrected chi connectivity index (χ3v) is 4.55. The molecule has 1 aromatic carbocycles. The van der Waals surface area contributed by atoms with Crippen LogP contribution in [0.25, 0.3) is 0 Å². The lowest BCUT2D eigenvalue weighted by Gasteiger charge is -2.36. The van der Waals surface area contributed by atoms with Gasteiger partial charge in [0, 0.05) is 18.1 Å². The van der Waals surface area contributed by atoms with Gasteiger partial charge in [-0.1, -0.05) is 24.9 Å². The number of benzene rings is 1. The Bertz CT molecular complexity index is 397. The van der Waals surface area contributed by atoms with Gasteiger partial charge in [0.25, 0.3) is 0 Å². The van der Waals surface area contributed by atoms with E-state index >= 15 is 0 Å². The second kappa shape index (κ2) is 5.83. The topological polar surface area (TPSA) is 29.3 Å². The molecule has 0 aromatic heterocycles. The van der Waals surface area contributed by atoms with Crippen LogP contribution in [0.5, 0.6) is 0 Å². The fourth-order valence-electron chi connectivity index (χ4n) is 2.98. The highest BCUT2D eigenvalue weighted by atomic mass is 35.5. The third-order valence-electron chi connectivity index (χ3n) is 4.31. The van der Waals surface area contributed by atoms with Crippen LogP contribution in [0, 0.1) is 5.92 Å². The van der Waals surface area contributed by atoms with Gasteiger partial charge in [-0.15, -0.1) is 0 Å². The minimum atomic E-state index is 0.622. The van der Waals surface area contributed by atoms with Crippen LogP contribution in [0.1, 0.15) is 39.0 Å². The van der Waals surface area contributed by atoms with E-state index in [2.05, 4.69) is 18.9 Å². The number of hydrogen-bond donors (Lipinski definition) is 1. The molecule has 1 fully saturated rings. The highest BCUT2D eigenvalue weighted by Gasteiger charge is 2.24. The molecule has 0 bridgehead atoms. The lowest BCUT2D eigenvalue weighted by molar-refractivity contribution is 0.313. The van der Waals surface area contributed by atoms with Gasteiger partial charge in [-0.3, -0.25) is 0 Å². The molecule has 0 radical (unpaired) electrons. The number of halogens is 1. The average molecular weight is 267 g/mol. The van der Waals surface area contributed by atoms with Gasteiger partial charge in [0.2, 0.25) is 0 Å². The molecule has 0 aliphatic heterocycles. The molecule has 100 valence electrons. The van der Waals surface area contributed by atoms with Crippen LogP contribution in [0.2, 0.25) is 5.02 Å².